The molecular weight excluding hydrogens is 198 g/mol. The minimum Gasteiger partial charge on any atom is -0.358 e. The second kappa shape index (κ2) is 6.27. The highest BCUT2D eigenvalue weighted by molar-refractivity contribution is 7.98. The van der Waals surface area contributed by atoms with E-state index in [4.69, 9.17) is 0 Å². The number of hydrogen-bond acceptors (Lipinski definition) is 4. The smallest absolute Gasteiger partial charge is 0.238 e. The number of nitrogens with zero attached hydrogens (tertiary/aromatic N) is 1. The highest BCUT2D eigenvalue weighted by Gasteiger charge is 2.26. The first-order chi connectivity index (χ1) is 6.79. The van der Waals surface area contributed by atoms with Crippen LogP contribution in [0.5, 0.6) is 0 Å². The van der Waals surface area contributed by atoms with E-state index in [0.717, 1.165) is 31.9 Å². The topological polar surface area (TPSA) is 44.4 Å². The third kappa shape index (κ3) is 3.15. The summed E-state index contributed by atoms with van der Waals surface area (Å²) in [6, 6.07) is 0.0147. The molecule has 14 heavy (non-hydrogen) atoms. The fourth-order valence-corrected chi connectivity index (χ4v) is 2.06. The molecule has 1 rings (SSSR count). The number of thioether (sulfide) groups is 1. The van der Waals surface area contributed by atoms with E-state index in [0.29, 0.717) is 0 Å². The van der Waals surface area contributed by atoms with Crippen LogP contribution in [0.1, 0.15) is 0 Å². The molecule has 1 saturated heterocycles. The third-order valence-corrected chi connectivity index (χ3v) is 3.08. The molecule has 1 aliphatic heterocycles. The van der Waals surface area contributed by atoms with Crippen molar-refractivity contribution in [3.8, 4) is 0 Å². The zero-order valence-electron chi connectivity index (χ0n) is 8.88. The summed E-state index contributed by atoms with van der Waals surface area (Å²) in [7, 11) is 1.70. The monoisotopic (exact) mass is 217 g/mol. The molecule has 1 unspecified atom stereocenters. The van der Waals surface area contributed by atoms with Crippen LogP contribution >= 0.6 is 11.8 Å². The molecule has 0 aliphatic carbocycles. The molecule has 5 heteroatoms. The summed E-state index contributed by atoms with van der Waals surface area (Å²) in [4.78, 5) is 13.8. The van der Waals surface area contributed by atoms with E-state index in [2.05, 4.69) is 21.8 Å². The average molecular weight is 217 g/mol. The summed E-state index contributed by atoms with van der Waals surface area (Å²) >= 11 is 1.82. The van der Waals surface area contributed by atoms with Gasteiger partial charge in [0, 0.05) is 39.0 Å². The van der Waals surface area contributed by atoms with E-state index in [-0.39, 0.29) is 11.9 Å². The third-order valence-electron chi connectivity index (χ3n) is 2.49. The molecule has 0 aromatic rings. The highest BCUT2D eigenvalue weighted by atomic mass is 32.2. The number of nitrogens with one attached hydrogen (secondary N) is 2. The van der Waals surface area contributed by atoms with Gasteiger partial charge in [0.15, 0.2) is 0 Å². The Hall–Kier alpha value is -0.260. The summed E-state index contributed by atoms with van der Waals surface area (Å²) < 4.78 is 0. The summed E-state index contributed by atoms with van der Waals surface area (Å²) in [6.45, 7) is 3.73. The van der Waals surface area contributed by atoms with Crippen LogP contribution in [0.15, 0.2) is 0 Å². The van der Waals surface area contributed by atoms with Gasteiger partial charge in [0.25, 0.3) is 0 Å². The lowest BCUT2D eigenvalue weighted by Crippen LogP contribution is -2.57. The fraction of sp³-hybridized carbons (Fsp3) is 0.889. The highest BCUT2D eigenvalue weighted by Crippen LogP contribution is 2.05. The van der Waals surface area contributed by atoms with E-state index in [9.17, 15) is 4.79 Å². The Morgan fingerprint density at radius 3 is 3.14 bits per heavy atom. The van der Waals surface area contributed by atoms with E-state index < -0.39 is 0 Å². The Balaban J connectivity index is 2.45. The molecule has 0 bridgehead atoms. The Morgan fingerprint density at radius 2 is 2.50 bits per heavy atom. The summed E-state index contributed by atoms with van der Waals surface area (Å²) in [5.74, 6) is 1.21. The maximum atomic E-state index is 11.5. The molecule has 1 amide bonds. The molecule has 0 saturated carbocycles. The minimum atomic E-state index is 0.0147. The number of likely N-dealkylation sites (N-methyl/N-ethyl adjacent to an activating group) is 1. The average Bonchev–Trinajstić information content (AvgIpc) is 2.25. The molecule has 4 nitrogen and oxygen atoms in total. The Labute approximate surface area is 89.8 Å². The second-order valence-electron chi connectivity index (χ2n) is 3.36. The van der Waals surface area contributed by atoms with Crippen molar-refractivity contribution in [1.82, 2.24) is 15.5 Å². The van der Waals surface area contributed by atoms with Gasteiger partial charge in [-0.3, -0.25) is 9.69 Å². The summed E-state index contributed by atoms with van der Waals surface area (Å²) in [5.41, 5.74) is 0. The zero-order chi connectivity index (χ0) is 10.4. The van der Waals surface area contributed by atoms with Crippen molar-refractivity contribution in [3.63, 3.8) is 0 Å². The molecule has 82 valence electrons. The van der Waals surface area contributed by atoms with Crippen molar-refractivity contribution >= 4 is 17.7 Å². The number of hydrogen-bond donors (Lipinski definition) is 2. The van der Waals surface area contributed by atoms with Gasteiger partial charge in [0.1, 0.15) is 6.04 Å². The lowest BCUT2D eigenvalue weighted by Gasteiger charge is -2.34. The fourth-order valence-electron chi connectivity index (χ4n) is 1.65. The van der Waals surface area contributed by atoms with E-state index in [1.165, 1.54) is 0 Å². The molecule has 0 radical (unpaired) electrons. The maximum Gasteiger partial charge on any atom is 0.238 e. The Kier molecular flexibility index (Phi) is 5.29. The van der Waals surface area contributed by atoms with Crippen LogP contribution in [-0.2, 0) is 4.79 Å². The van der Waals surface area contributed by atoms with Crippen molar-refractivity contribution in [2.75, 3.05) is 45.2 Å². The normalized spacial score (nSPS) is 23.4. The standard InChI is InChI=1S/C9H19N3OS/c1-10-9(13)8-7-11-3-4-12(8)5-6-14-2/h8,11H,3-7H2,1-2H3,(H,10,13). The van der Waals surface area contributed by atoms with Crippen LogP contribution in [0.2, 0.25) is 0 Å². The SMILES string of the molecule is CNC(=O)C1CNCCN1CCSC. The van der Waals surface area contributed by atoms with Gasteiger partial charge in [-0.05, 0) is 6.26 Å². The molecule has 2 N–H and O–H groups in total. The number of amides is 1. The van der Waals surface area contributed by atoms with Crippen LogP contribution < -0.4 is 10.6 Å². The van der Waals surface area contributed by atoms with E-state index >= 15 is 0 Å². The van der Waals surface area contributed by atoms with Gasteiger partial charge >= 0.3 is 0 Å². The summed E-state index contributed by atoms with van der Waals surface area (Å²) in [5, 5.41) is 5.96. The lowest BCUT2D eigenvalue weighted by molar-refractivity contribution is -0.126. The molecule has 0 spiro atoms. The molecular formula is C9H19N3OS. The number of carbonyl (C=O) groups is 1. The number of rotatable bonds is 4. The van der Waals surface area contributed by atoms with Crippen molar-refractivity contribution in [2.24, 2.45) is 0 Å². The Morgan fingerprint density at radius 1 is 1.71 bits per heavy atom. The van der Waals surface area contributed by atoms with Gasteiger partial charge in [-0.1, -0.05) is 0 Å². The predicted molar refractivity (Wildman–Crippen MR) is 60.7 cm³/mol. The summed E-state index contributed by atoms with van der Waals surface area (Å²) in [6.07, 6.45) is 2.09. The number of carbonyl (C=O) groups excluding carboxylic acids is 1. The van der Waals surface area contributed by atoms with Gasteiger partial charge < -0.3 is 10.6 Å². The van der Waals surface area contributed by atoms with Crippen molar-refractivity contribution in [1.29, 1.82) is 0 Å². The molecule has 1 fully saturated rings. The lowest BCUT2D eigenvalue weighted by atomic mass is 10.2. The van der Waals surface area contributed by atoms with E-state index in [1.54, 1.807) is 7.05 Å². The predicted octanol–water partition coefficient (Wildman–Crippen LogP) is -0.631. The quantitative estimate of drug-likeness (QED) is 0.658. The van der Waals surface area contributed by atoms with Gasteiger partial charge in [-0.15, -0.1) is 0 Å². The first kappa shape index (κ1) is 11.8. The van der Waals surface area contributed by atoms with Crippen molar-refractivity contribution < 1.29 is 4.79 Å². The Bertz CT molecular complexity index is 189. The van der Waals surface area contributed by atoms with Crippen LogP contribution in [-0.4, -0.2) is 62.1 Å². The van der Waals surface area contributed by atoms with Crippen LogP contribution in [0, 0.1) is 0 Å². The van der Waals surface area contributed by atoms with Gasteiger partial charge in [-0.2, -0.15) is 11.8 Å². The van der Waals surface area contributed by atoms with Crippen LogP contribution in [0.3, 0.4) is 0 Å². The molecule has 1 heterocycles. The molecule has 1 aliphatic rings. The first-order valence-corrected chi connectivity index (χ1v) is 6.34. The molecule has 1 atom stereocenters. The maximum absolute atomic E-state index is 11.5. The molecule has 0 aromatic carbocycles. The van der Waals surface area contributed by atoms with Gasteiger partial charge in [-0.25, -0.2) is 0 Å². The van der Waals surface area contributed by atoms with Crippen LogP contribution in [0.4, 0.5) is 0 Å². The first-order valence-electron chi connectivity index (χ1n) is 4.95. The van der Waals surface area contributed by atoms with Gasteiger partial charge in [0.05, 0.1) is 0 Å². The van der Waals surface area contributed by atoms with Crippen LogP contribution in [0.25, 0.3) is 0 Å². The second-order valence-corrected chi connectivity index (χ2v) is 4.35. The zero-order valence-corrected chi connectivity index (χ0v) is 9.69. The molecule has 0 aromatic heterocycles. The van der Waals surface area contributed by atoms with E-state index in [1.807, 2.05) is 11.8 Å². The van der Waals surface area contributed by atoms with Crippen molar-refractivity contribution in [3.05, 3.63) is 0 Å². The largest absolute Gasteiger partial charge is 0.358 e. The van der Waals surface area contributed by atoms with Crippen molar-refractivity contribution in [2.45, 2.75) is 6.04 Å². The van der Waals surface area contributed by atoms with Gasteiger partial charge in [0.2, 0.25) is 5.91 Å². The number of piperazine rings is 1. The minimum absolute atomic E-state index is 0.0147.